The SMILES string of the molecule is O=C(/C=C/c1ccccc1)C1C=CC([O-])=CC1. The third-order valence-corrected chi connectivity index (χ3v) is 2.67. The third-order valence-electron chi connectivity index (χ3n) is 2.67. The van der Waals surface area contributed by atoms with Crippen molar-refractivity contribution in [2.75, 3.05) is 0 Å². The maximum Gasteiger partial charge on any atom is 0.162 e. The average Bonchev–Trinajstić information content (AvgIpc) is 2.38. The number of rotatable bonds is 3. The zero-order valence-corrected chi connectivity index (χ0v) is 9.37. The summed E-state index contributed by atoms with van der Waals surface area (Å²) in [6, 6.07) is 9.67. The van der Waals surface area contributed by atoms with E-state index in [4.69, 9.17) is 0 Å². The number of allylic oxidation sites excluding steroid dienone is 4. The van der Waals surface area contributed by atoms with Crippen LogP contribution in [0, 0.1) is 5.92 Å². The van der Waals surface area contributed by atoms with Gasteiger partial charge in [0.05, 0.1) is 0 Å². The molecular weight excluding hydrogens is 212 g/mol. The molecule has 0 amide bonds. The number of carbonyl (C=O) groups is 1. The Labute approximate surface area is 101 Å². The first-order chi connectivity index (χ1) is 8.25. The lowest BCUT2D eigenvalue weighted by molar-refractivity contribution is -0.295. The lowest BCUT2D eigenvalue weighted by Crippen LogP contribution is -2.13. The van der Waals surface area contributed by atoms with Crippen LogP contribution in [0.4, 0.5) is 0 Å². The number of hydrogen-bond acceptors (Lipinski definition) is 2. The lowest BCUT2D eigenvalue weighted by Gasteiger charge is -2.15. The van der Waals surface area contributed by atoms with E-state index in [0.717, 1.165) is 5.56 Å². The Hall–Kier alpha value is -2.09. The van der Waals surface area contributed by atoms with Gasteiger partial charge in [0.15, 0.2) is 5.78 Å². The van der Waals surface area contributed by atoms with Gasteiger partial charge in [-0.2, -0.15) is 0 Å². The van der Waals surface area contributed by atoms with E-state index in [1.165, 1.54) is 6.08 Å². The van der Waals surface area contributed by atoms with Crippen LogP contribution < -0.4 is 5.11 Å². The Balaban J connectivity index is 1.99. The predicted octanol–water partition coefficient (Wildman–Crippen LogP) is 2.09. The van der Waals surface area contributed by atoms with Crippen molar-refractivity contribution in [2.45, 2.75) is 6.42 Å². The molecule has 17 heavy (non-hydrogen) atoms. The minimum atomic E-state index is -0.187. The largest absolute Gasteiger partial charge is 0.873 e. The van der Waals surface area contributed by atoms with Crippen molar-refractivity contribution in [1.29, 1.82) is 0 Å². The Kier molecular flexibility index (Phi) is 3.55. The molecule has 1 atom stereocenters. The highest BCUT2D eigenvalue weighted by Gasteiger charge is 2.12. The topological polar surface area (TPSA) is 40.1 Å². The van der Waals surface area contributed by atoms with Crippen LogP contribution in [0.25, 0.3) is 6.08 Å². The molecule has 1 aromatic carbocycles. The molecule has 0 N–H and O–H groups in total. The molecule has 2 heteroatoms. The van der Waals surface area contributed by atoms with E-state index < -0.39 is 0 Å². The van der Waals surface area contributed by atoms with Crippen LogP contribution in [-0.2, 0) is 4.79 Å². The molecule has 0 heterocycles. The lowest BCUT2D eigenvalue weighted by atomic mass is 9.95. The molecule has 1 aliphatic carbocycles. The molecule has 86 valence electrons. The van der Waals surface area contributed by atoms with E-state index in [0.29, 0.717) is 6.42 Å². The van der Waals surface area contributed by atoms with Gasteiger partial charge in [-0.3, -0.25) is 4.79 Å². The number of ketones is 1. The maximum atomic E-state index is 11.8. The summed E-state index contributed by atoms with van der Waals surface area (Å²) in [4.78, 5) is 11.8. The zero-order chi connectivity index (χ0) is 12.1. The van der Waals surface area contributed by atoms with Crippen molar-refractivity contribution in [3.05, 3.63) is 66.0 Å². The van der Waals surface area contributed by atoms with Crippen molar-refractivity contribution in [3.8, 4) is 0 Å². The van der Waals surface area contributed by atoms with Gasteiger partial charge in [-0.15, -0.1) is 5.76 Å². The van der Waals surface area contributed by atoms with Crippen molar-refractivity contribution >= 4 is 11.9 Å². The highest BCUT2D eigenvalue weighted by molar-refractivity contribution is 5.96. The molecule has 0 aromatic heterocycles. The van der Waals surface area contributed by atoms with Gasteiger partial charge in [0.2, 0.25) is 0 Å². The molecule has 1 unspecified atom stereocenters. The van der Waals surface area contributed by atoms with Gasteiger partial charge in [0.1, 0.15) is 0 Å². The van der Waals surface area contributed by atoms with Crippen LogP contribution in [0.3, 0.4) is 0 Å². The first kappa shape index (κ1) is 11.4. The van der Waals surface area contributed by atoms with Crippen LogP contribution in [0.5, 0.6) is 0 Å². The van der Waals surface area contributed by atoms with Gasteiger partial charge in [-0.1, -0.05) is 54.6 Å². The fraction of sp³-hybridized carbons (Fsp3) is 0.133. The van der Waals surface area contributed by atoms with Crippen molar-refractivity contribution in [1.82, 2.24) is 0 Å². The summed E-state index contributed by atoms with van der Waals surface area (Å²) in [7, 11) is 0. The fourth-order valence-electron chi connectivity index (χ4n) is 1.68. The smallest absolute Gasteiger partial charge is 0.162 e. The van der Waals surface area contributed by atoms with E-state index in [-0.39, 0.29) is 17.5 Å². The van der Waals surface area contributed by atoms with E-state index in [2.05, 4.69) is 0 Å². The third kappa shape index (κ3) is 3.18. The Morgan fingerprint density at radius 3 is 2.71 bits per heavy atom. The van der Waals surface area contributed by atoms with Gasteiger partial charge in [0.25, 0.3) is 0 Å². The zero-order valence-electron chi connectivity index (χ0n) is 9.37. The van der Waals surface area contributed by atoms with Crippen LogP contribution in [0.2, 0.25) is 0 Å². The van der Waals surface area contributed by atoms with Crippen LogP contribution >= 0.6 is 0 Å². The van der Waals surface area contributed by atoms with E-state index >= 15 is 0 Å². The second-order valence-corrected chi connectivity index (χ2v) is 3.95. The van der Waals surface area contributed by atoms with E-state index in [9.17, 15) is 9.90 Å². The Bertz CT molecular complexity index is 481. The van der Waals surface area contributed by atoms with Crippen LogP contribution in [0.15, 0.2) is 60.4 Å². The van der Waals surface area contributed by atoms with E-state index in [1.807, 2.05) is 30.3 Å². The molecule has 0 saturated carbocycles. The summed E-state index contributed by atoms with van der Waals surface area (Å²) in [5.41, 5.74) is 1.00. The van der Waals surface area contributed by atoms with E-state index in [1.54, 1.807) is 24.3 Å². The second kappa shape index (κ2) is 5.30. The quantitative estimate of drug-likeness (QED) is 0.739. The van der Waals surface area contributed by atoms with Gasteiger partial charge in [-0.05, 0) is 18.1 Å². The van der Waals surface area contributed by atoms with Gasteiger partial charge >= 0.3 is 0 Å². The normalized spacial score (nSPS) is 19.3. The molecule has 1 aliphatic rings. The molecule has 0 saturated heterocycles. The monoisotopic (exact) mass is 225 g/mol. The number of benzene rings is 1. The van der Waals surface area contributed by atoms with Gasteiger partial charge < -0.3 is 5.11 Å². The molecule has 2 rings (SSSR count). The summed E-state index contributed by atoms with van der Waals surface area (Å²) >= 11 is 0. The molecule has 0 fully saturated rings. The highest BCUT2D eigenvalue weighted by atomic mass is 16.3. The molecular formula is C15H13O2-. The average molecular weight is 225 g/mol. The molecule has 0 bridgehead atoms. The van der Waals surface area contributed by atoms with Gasteiger partial charge in [0, 0.05) is 5.92 Å². The second-order valence-electron chi connectivity index (χ2n) is 3.95. The van der Waals surface area contributed by atoms with Crippen LogP contribution in [-0.4, -0.2) is 5.78 Å². The first-order valence-electron chi connectivity index (χ1n) is 5.58. The predicted molar refractivity (Wildman–Crippen MR) is 65.8 cm³/mol. The summed E-state index contributed by atoms with van der Waals surface area (Å²) in [6.07, 6.45) is 8.58. The summed E-state index contributed by atoms with van der Waals surface area (Å²) in [6.45, 7) is 0. The maximum absolute atomic E-state index is 11.8. The summed E-state index contributed by atoms with van der Waals surface area (Å²) in [5, 5.41) is 10.9. The molecule has 0 radical (unpaired) electrons. The number of hydrogen-bond donors (Lipinski definition) is 0. The minimum Gasteiger partial charge on any atom is -0.873 e. The Morgan fingerprint density at radius 1 is 1.29 bits per heavy atom. The Morgan fingerprint density at radius 2 is 2.06 bits per heavy atom. The van der Waals surface area contributed by atoms with Gasteiger partial charge in [-0.25, -0.2) is 0 Å². The minimum absolute atomic E-state index is 0.0129. The highest BCUT2D eigenvalue weighted by Crippen LogP contribution is 2.15. The molecule has 1 aromatic rings. The van der Waals surface area contributed by atoms with Crippen molar-refractivity contribution < 1.29 is 9.90 Å². The standard InChI is InChI=1S/C15H14O2/c16-14-9-7-13(8-10-14)15(17)11-6-12-4-2-1-3-5-12/h1-7,9-11,13,16H,8H2/p-1/b11-6+. The molecule has 0 spiro atoms. The van der Waals surface area contributed by atoms with Crippen LogP contribution in [0.1, 0.15) is 12.0 Å². The van der Waals surface area contributed by atoms with Crippen molar-refractivity contribution in [2.24, 2.45) is 5.92 Å². The summed E-state index contributed by atoms with van der Waals surface area (Å²) < 4.78 is 0. The van der Waals surface area contributed by atoms with Crippen molar-refractivity contribution in [3.63, 3.8) is 0 Å². The summed E-state index contributed by atoms with van der Waals surface area (Å²) in [5.74, 6) is -0.164. The number of carbonyl (C=O) groups excluding carboxylic acids is 1. The molecule has 0 aliphatic heterocycles. The molecule has 2 nitrogen and oxygen atoms in total. The first-order valence-corrected chi connectivity index (χ1v) is 5.58. The fourth-order valence-corrected chi connectivity index (χ4v) is 1.68.